The Hall–Kier alpha value is -3.64. The first-order chi connectivity index (χ1) is 15.5. The summed E-state index contributed by atoms with van der Waals surface area (Å²) in [6, 6.07) is 21.3. The zero-order valence-corrected chi connectivity index (χ0v) is 18.8. The van der Waals surface area contributed by atoms with Crippen molar-refractivity contribution >= 4 is 50.0 Å². The Balaban J connectivity index is 1.79. The Kier molecular flexibility index (Phi) is 4.94. The lowest BCUT2D eigenvalue weighted by Crippen LogP contribution is -2.29. The summed E-state index contributed by atoms with van der Waals surface area (Å²) in [5.74, 6) is -1.56. The molecule has 0 radical (unpaired) electrons. The Labute approximate surface area is 193 Å². The number of hydrogen-bond acceptors (Lipinski definition) is 3. The van der Waals surface area contributed by atoms with Crippen LogP contribution in [-0.2, 0) is 9.59 Å². The molecule has 2 heterocycles. The average molecular weight is 487 g/mol. The van der Waals surface area contributed by atoms with Crippen molar-refractivity contribution in [1.82, 2.24) is 4.98 Å². The van der Waals surface area contributed by atoms with Gasteiger partial charge >= 0.3 is 0 Å². The SMILES string of the molecule is Cc1cc(/C(O)=C2\C(=O)C(=O)N(c3ccccc3)C2c2c[nH]c3ccccc23)ccc1Br. The number of benzene rings is 3. The van der Waals surface area contributed by atoms with Crippen LogP contribution < -0.4 is 4.90 Å². The fourth-order valence-corrected chi connectivity index (χ4v) is 4.50. The standard InChI is InChI=1S/C26H19BrN2O3/c1-15-13-16(11-12-20(15)27)24(30)22-23(19-14-28-21-10-6-5-9-18(19)21)29(26(32)25(22)31)17-7-3-2-4-8-17/h2-14,23,28,30H,1H3/b24-22+. The second kappa shape index (κ2) is 7.80. The molecule has 158 valence electrons. The van der Waals surface area contributed by atoms with Crippen LogP contribution in [-0.4, -0.2) is 21.8 Å². The number of aromatic amines is 1. The number of aliphatic hydroxyl groups excluding tert-OH is 1. The van der Waals surface area contributed by atoms with E-state index >= 15 is 0 Å². The van der Waals surface area contributed by atoms with Crippen LogP contribution in [0.25, 0.3) is 16.7 Å². The number of H-pyrrole nitrogens is 1. The van der Waals surface area contributed by atoms with Gasteiger partial charge in [-0.2, -0.15) is 0 Å². The van der Waals surface area contributed by atoms with Crippen LogP contribution in [0.3, 0.4) is 0 Å². The van der Waals surface area contributed by atoms with Gasteiger partial charge in [0.05, 0.1) is 11.6 Å². The summed E-state index contributed by atoms with van der Waals surface area (Å²) >= 11 is 3.46. The predicted molar refractivity (Wildman–Crippen MR) is 128 cm³/mol. The Morgan fingerprint density at radius 1 is 1.00 bits per heavy atom. The molecule has 1 fully saturated rings. The van der Waals surface area contributed by atoms with Crippen molar-refractivity contribution in [3.63, 3.8) is 0 Å². The molecule has 4 aromatic rings. The Morgan fingerprint density at radius 3 is 2.47 bits per heavy atom. The van der Waals surface area contributed by atoms with Crippen LogP contribution in [0.1, 0.15) is 22.7 Å². The number of aromatic nitrogens is 1. The molecule has 6 heteroatoms. The first kappa shape index (κ1) is 20.3. The van der Waals surface area contributed by atoms with Crippen molar-refractivity contribution in [1.29, 1.82) is 0 Å². The van der Waals surface area contributed by atoms with Crippen molar-refractivity contribution in [3.05, 3.63) is 106 Å². The lowest BCUT2D eigenvalue weighted by atomic mass is 9.94. The van der Waals surface area contributed by atoms with Gasteiger partial charge in [-0.25, -0.2) is 0 Å². The maximum Gasteiger partial charge on any atom is 0.300 e. The number of halogens is 1. The quantitative estimate of drug-likeness (QED) is 0.216. The molecule has 3 aromatic carbocycles. The number of hydrogen-bond donors (Lipinski definition) is 2. The second-order valence-corrected chi connectivity index (χ2v) is 8.61. The molecule has 1 aliphatic rings. The maximum atomic E-state index is 13.3. The Morgan fingerprint density at radius 2 is 1.72 bits per heavy atom. The van der Waals surface area contributed by atoms with E-state index in [-0.39, 0.29) is 11.3 Å². The predicted octanol–water partition coefficient (Wildman–Crippen LogP) is 5.87. The fraction of sp³-hybridized carbons (Fsp3) is 0.0769. The van der Waals surface area contributed by atoms with Gasteiger partial charge in [0.2, 0.25) is 0 Å². The molecule has 0 spiro atoms. The summed E-state index contributed by atoms with van der Waals surface area (Å²) in [7, 11) is 0. The van der Waals surface area contributed by atoms with Crippen LogP contribution in [0, 0.1) is 6.92 Å². The van der Waals surface area contributed by atoms with Gasteiger partial charge in [0.15, 0.2) is 0 Å². The zero-order chi connectivity index (χ0) is 22.4. The van der Waals surface area contributed by atoms with Crippen molar-refractivity contribution in [2.45, 2.75) is 13.0 Å². The maximum absolute atomic E-state index is 13.3. The number of nitrogens with zero attached hydrogens (tertiary/aromatic N) is 1. The van der Waals surface area contributed by atoms with Crippen LogP contribution >= 0.6 is 15.9 Å². The molecule has 1 unspecified atom stereocenters. The summed E-state index contributed by atoms with van der Waals surface area (Å²) in [6.07, 6.45) is 1.80. The summed E-state index contributed by atoms with van der Waals surface area (Å²) in [4.78, 5) is 31.2. The summed E-state index contributed by atoms with van der Waals surface area (Å²) in [6.45, 7) is 1.90. The number of anilines is 1. The van der Waals surface area contributed by atoms with Crippen molar-refractivity contribution < 1.29 is 14.7 Å². The van der Waals surface area contributed by atoms with E-state index in [4.69, 9.17) is 0 Å². The number of nitrogens with one attached hydrogen (secondary N) is 1. The van der Waals surface area contributed by atoms with E-state index in [1.807, 2.05) is 55.5 Å². The number of ketones is 1. The number of amides is 1. The van der Waals surface area contributed by atoms with Gasteiger partial charge in [-0.3, -0.25) is 14.5 Å². The molecule has 0 bridgehead atoms. The minimum Gasteiger partial charge on any atom is -0.507 e. The van der Waals surface area contributed by atoms with Crippen LogP contribution in [0.4, 0.5) is 5.69 Å². The highest BCUT2D eigenvalue weighted by molar-refractivity contribution is 9.10. The van der Waals surface area contributed by atoms with Gasteiger partial charge in [-0.1, -0.05) is 58.4 Å². The number of para-hydroxylation sites is 2. The molecule has 2 N–H and O–H groups in total. The molecular formula is C26H19BrN2O3. The fourth-order valence-electron chi connectivity index (χ4n) is 4.25. The number of carbonyl (C=O) groups excluding carboxylic acids is 2. The van der Waals surface area contributed by atoms with E-state index in [9.17, 15) is 14.7 Å². The number of carbonyl (C=O) groups is 2. The minimum absolute atomic E-state index is 0.0744. The summed E-state index contributed by atoms with van der Waals surface area (Å²) < 4.78 is 0.895. The number of aryl methyl sites for hydroxylation is 1. The van der Waals surface area contributed by atoms with E-state index < -0.39 is 17.7 Å². The van der Waals surface area contributed by atoms with E-state index in [0.29, 0.717) is 11.3 Å². The molecule has 1 aromatic heterocycles. The van der Waals surface area contributed by atoms with Crippen LogP contribution in [0.2, 0.25) is 0 Å². The third kappa shape index (κ3) is 3.15. The highest BCUT2D eigenvalue weighted by Crippen LogP contribution is 2.44. The molecule has 1 aliphatic heterocycles. The van der Waals surface area contributed by atoms with Crippen molar-refractivity contribution in [3.8, 4) is 0 Å². The van der Waals surface area contributed by atoms with Gasteiger partial charge in [-0.05, 0) is 42.8 Å². The molecular weight excluding hydrogens is 468 g/mol. The van der Waals surface area contributed by atoms with Gasteiger partial charge < -0.3 is 10.1 Å². The molecule has 5 nitrogen and oxygen atoms in total. The largest absolute Gasteiger partial charge is 0.507 e. The Bertz CT molecular complexity index is 1410. The van der Waals surface area contributed by atoms with E-state index in [0.717, 1.165) is 26.5 Å². The number of fused-ring (bicyclic) bond motifs is 1. The highest BCUT2D eigenvalue weighted by Gasteiger charge is 2.47. The normalized spacial score (nSPS) is 17.9. The lowest BCUT2D eigenvalue weighted by Gasteiger charge is -2.25. The molecule has 1 saturated heterocycles. The molecule has 0 aliphatic carbocycles. The average Bonchev–Trinajstić information content (AvgIpc) is 3.34. The number of Topliss-reactive ketones (excluding diaryl/α,β-unsaturated/α-hetero) is 1. The molecule has 0 saturated carbocycles. The van der Waals surface area contributed by atoms with Crippen LogP contribution in [0.15, 0.2) is 89.0 Å². The minimum atomic E-state index is -0.766. The van der Waals surface area contributed by atoms with E-state index in [1.54, 1.807) is 30.5 Å². The topological polar surface area (TPSA) is 73.4 Å². The third-order valence-corrected chi connectivity index (χ3v) is 6.72. The first-order valence-corrected chi connectivity index (χ1v) is 11.0. The molecule has 5 rings (SSSR count). The first-order valence-electron chi connectivity index (χ1n) is 10.2. The third-order valence-electron chi connectivity index (χ3n) is 5.83. The summed E-state index contributed by atoms with van der Waals surface area (Å²) in [5.41, 5.74) is 3.71. The molecule has 1 atom stereocenters. The second-order valence-electron chi connectivity index (χ2n) is 7.76. The van der Waals surface area contributed by atoms with Gasteiger partial charge in [0.25, 0.3) is 11.7 Å². The number of aliphatic hydroxyl groups is 1. The lowest BCUT2D eigenvalue weighted by molar-refractivity contribution is -0.132. The van der Waals surface area contributed by atoms with Crippen LogP contribution in [0.5, 0.6) is 0 Å². The zero-order valence-electron chi connectivity index (χ0n) is 17.2. The highest BCUT2D eigenvalue weighted by atomic mass is 79.9. The number of rotatable bonds is 3. The van der Waals surface area contributed by atoms with Gasteiger partial charge in [-0.15, -0.1) is 0 Å². The molecule has 1 amide bonds. The van der Waals surface area contributed by atoms with Crippen molar-refractivity contribution in [2.75, 3.05) is 4.90 Å². The molecule has 32 heavy (non-hydrogen) atoms. The van der Waals surface area contributed by atoms with Gasteiger partial charge in [0, 0.05) is 38.4 Å². The monoisotopic (exact) mass is 486 g/mol. The van der Waals surface area contributed by atoms with Gasteiger partial charge in [0.1, 0.15) is 5.76 Å². The van der Waals surface area contributed by atoms with E-state index in [2.05, 4.69) is 20.9 Å². The smallest absolute Gasteiger partial charge is 0.300 e. The van der Waals surface area contributed by atoms with Crippen molar-refractivity contribution in [2.24, 2.45) is 0 Å². The summed E-state index contributed by atoms with van der Waals surface area (Å²) in [5, 5.41) is 12.2. The van der Waals surface area contributed by atoms with E-state index in [1.165, 1.54) is 4.90 Å².